The summed E-state index contributed by atoms with van der Waals surface area (Å²) >= 11 is 0. The minimum atomic E-state index is -1.82. The molecule has 2 aliphatic heterocycles. The Morgan fingerprint density at radius 3 is 2.30 bits per heavy atom. The molecule has 2 N–H and O–H groups in total. The van der Waals surface area contributed by atoms with Crippen molar-refractivity contribution in [2.45, 2.75) is 39.2 Å². The molecule has 0 aliphatic carbocycles. The number of carbonyl (C=O) groups is 3. The summed E-state index contributed by atoms with van der Waals surface area (Å²) in [6.07, 6.45) is 4.42. The van der Waals surface area contributed by atoms with Crippen LogP contribution < -0.4 is 4.74 Å². The van der Waals surface area contributed by atoms with Crippen LogP contribution in [0.1, 0.15) is 38.2 Å². The van der Waals surface area contributed by atoms with Crippen molar-refractivity contribution in [3.63, 3.8) is 0 Å². The van der Waals surface area contributed by atoms with E-state index in [0.29, 0.717) is 11.8 Å². The minimum Gasteiger partial charge on any atom is -0.497 e. The van der Waals surface area contributed by atoms with E-state index < -0.39 is 11.9 Å². The van der Waals surface area contributed by atoms with Gasteiger partial charge in [-0.2, -0.15) is 0 Å². The molecule has 2 aliphatic rings. The summed E-state index contributed by atoms with van der Waals surface area (Å²) in [5.41, 5.74) is 1.28. The van der Waals surface area contributed by atoms with Gasteiger partial charge in [-0.05, 0) is 62.4 Å². The summed E-state index contributed by atoms with van der Waals surface area (Å²) < 4.78 is 5.30. The summed E-state index contributed by atoms with van der Waals surface area (Å²) in [6.45, 7) is 7.15. The van der Waals surface area contributed by atoms with Gasteiger partial charge < -0.3 is 19.8 Å². The second-order valence-corrected chi connectivity index (χ2v) is 8.04. The number of amides is 1. The first-order valence-corrected chi connectivity index (χ1v) is 10.4. The Labute approximate surface area is 177 Å². The number of piperidine rings is 2. The molecule has 166 valence electrons. The van der Waals surface area contributed by atoms with Crippen LogP contribution in [0.25, 0.3) is 0 Å². The fraction of sp³-hybridized carbons (Fsp3) is 0.591. The molecule has 2 saturated heterocycles. The lowest BCUT2D eigenvalue weighted by molar-refractivity contribution is -0.159. The van der Waals surface area contributed by atoms with Crippen LogP contribution >= 0.6 is 0 Å². The average Bonchev–Trinajstić information content (AvgIpc) is 2.74. The van der Waals surface area contributed by atoms with E-state index in [9.17, 15) is 4.79 Å². The molecule has 1 aromatic rings. The van der Waals surface area contributed by atoms with Crippen molar-refractivity contribution in [1.82, 2.24) is 9.80 Å². The zero-order valence-corrected chi connectivity index (χ0v) is 17.7. The number of benzene rings is 1. The smallest absolute Gasteiger partial charge is 0.414 e. The van der Waals surface area contributed by atoms with Crippen molar-refractivity contribution < 1.29 is 29.3 Å². The highest BCUT2D eigenvalue weighted by atomic mass is 16.5. The fourth-order valence-electron chi connectivity index (χ4n) is 4.01. The number of hydrogen-bond donors (Lipinski definition) is 2. The lowest BCUT2D eigenvalue weighted by Gasteiger charge is -2.37. The van der Waals surface area contributed by atoms with Crippen LogP contribution in [0.15, 0.2) is 24.3 Å². The number of hydrogen-bond acceptors (Lipinski definition) is 5. The average molecular weight is 421 g/mol. The molecule has 0 radical (unpaired) electrons. The second-order valence-electron chi connectivity index (χ2n) is 8.04. The van der Waals surface area contributed by atoms with E-state index in [2.05, 4.69) is 28.9 Å². The van der Waals surface area contributed by atoms with Crippen LogP contribution in [-0.4, -0.2) is 71.1 Å². The Morgan fingerprint density at radius 2 is 1.73 bits per heavy atom. The van der Waals surface area contributed by atoms with E-state index in [0.717, 1.165) is 51.3 Å². The number of likely N-dealkylation sites (tertiary alicyclic amines) is 2. The lowest BCUT2D eigenvalue weighted by atomic mass is 9.92. The van der Waals surface area contributed by atoms with Gasteiger partial charge in [-0.15, -0.1) is 0 Å². The maximum absolute atomic E-state index is 12.7. The van der Waals surface area contributed by atoms with Crippen LogP contribution in [0.2, 0.25) is 0 Å². The Hall–Kier alpha value is -2.61. The van der Waals surface area contributed by atoms with Gasteiger partial charge in [-0.3, -0.25) is 9.69 Å². The van der Waals surface area contributed by atoms with E-state index in [1.807, 2.05) is 12.1 Å². The number of aliphatic carboxylic acids is 2. The lowest BCUT2D eigenvalue weighted by Crippen LogP contribution is -2.45. The van der Waals surface area contributed by atoms with Crippen molar-refractivity contribution in [2.75, 3.05) is 33.3 Å². The molecule has 8 nitrogen and oxygen atoms in total. The van der Waals surface area contributed by atoms with Gasteiger partial charge in [0.15, 0.2) is 0 Å². The molecule has 30 heavy (non-hydrogen) atoms. The topological polar surface area (TPSA) is 107 Å². The van der Waals surface area contributed by atoms with Crippen molar-refractivity contribution in [3.05, 3.63) is 29.8 Å². The van der Waals surface area contributed by atoms with Crippen LogP contribution in [-0.2, 0) is 20.9 Å². The normalized spacial score (nSPS) is 20.1. The molecule has 0 bridgehead atoms. The van der Waals surface area contributed by atoms with E-state index >= 15 is 0 Å². The highest BCUT2D eigenvalue weighted by Crippen LogP contribution is 2.25. The summed E-state index contributed by atoms with van der Waals surface area (Å²) in [5, 5.41) is 14.8. The maximum atomic E-state index is 12.7. The Kier molecular flexibility index (Phi) is 9.11. The largest absolute Gasteiger partial charge is 0.497 e. The van der Waals surface area contributed by atoms with Gasteiger partial charge in [0.2, 0.25) is 5.91 Å². The first-order valence-electron chi connectivity index (χ1n) is 10.4. The molecule has 1 amide bonds. The fourth-order valence-corrected chi connectivity index (χ4v) is 4.01. The first-order chi connectivity index (χ1) is 14.3. The standard InChI is InChI=1S/C20H30N2O2.C2H2O4/c1-16-5-4-10-22(14-16)20(23)18-8-11-21(12-9-18)15-17-6-3-7-19(13-17)24-2;3-1(4)2(5)6/h3,6-7,13,16,18H,4-5,8-12,14-15H2,1-2H3;(H,3,4)(H,5,6). The molecule has 8 heteroatoms. The third kappa shape index (κ3) is 7.33. The van der Waals surface area contributed by atoms with E-state index in [1.165, 1.54) is 18.4 Å². The molecule has 2 fully saturated rings. The number of ether oxygens (including phenoxy) is 1. The zero-order valence-electron chi connectivity index (χ0n) is 17.7. The number of carbonyl (C=O) groups excluding carboxylic acids is 1. The molecule has 1 atom stereocenters. The number of rotatable bonds is 4. The molecule has 2 heterocycles. The Morgan fingerprint density at radius 1 is 1.07 bits per heavy atom. The van der Waals surface area contributed by atoms with Gasteiger partial charge in [0.25, 0.3) is 0 Å². The Balaban J connectivity index is 0.000000469. The van der Waals surface area contributed by atoms with Crippen LogP contribution in [0.4, 0.5) is 0 Å². The molecule has 1 aromatic carbocycles. The number of methoxy groups -OCH3 is 1. The number of nitrogens with zero attached hydrogens (tertiary/aromatic N) is 2. The molecule has 0 aromatic heterocycles. The van der Waals surface area contributed by atoms with Crippen LogP contribution in [0.3, 0.4) is 0 Å². The predicted molar refractivity (Wildman–Crippen MR) is 111 cm³/mol. The van der Waals surface area contributed by atoms with E-state index in [4.69, 9.17) is 24.5 Å². The third-order valence-corrected chi connectivity index (χ3v) is 5.63. The summed E-state index contributed by atoms with van der Waals surface area (Å²) in [4.78, 5) is 35.5. The van der Waals surface area contributed by atoms with Crippen molar-refractivity contribution in [2.24, 2.45) is 11.8 Å². The third-order valence-electron chi connectivity index (χ3n) is 5.63. The van der Waals surface area contributed by atoms with Crippen LogP contribution in [0.5, 0.6) is 5.75 Å². The maximum Gasteiger partial charge on any atom is 0.414 e. The first kappa shape index (κ1) is 23.7. The van der Waals surface area contributed by atoms with Crippen molar-refractivity contribution in [3.8, 4) is 5.75 Å². The summed E-state index contributed by atoms with van der Waals surface area (Å²) in [7, 11) is 1.71. The quantitative estimate of drug-likeness (QED) is 0.720. The van der Waals surface area contributed by atoms with Crippen molar-refractivity contribution >= 4 is 17.8 Å². The number of carboxylic acid groups (broad SMARTS) is 2. The molecule has 1 unspecified atom stereocenters. The van der Waals surface area contributed by atoms with Gasteiger partial charge in [0.05, 0.1) is 7.11 Å². The van der Waals surface area contributed by atoms with E-state index in [1.54, 1.807) is 7.11 Å². The Bertz CT molecular complexity index is 718. The highest BCUT2D eigenvalue weighted by molar-refractivity contribution is 6.27. The highest BCUT2D eigenvalue weighted by Gasteiger charge is 2.30. The molecule has 0 saturated carbocycles. The molecule has 0 spiro atoms. The molecular weight excluding hydrogens is 388 g/mol. The SMILES string of the molecule is COc1cccc(CN2CCC(C(=O)N3CCCC(C)C3)CC2)c1.O=C(O)C(=O)O. The minimum absolute atomic E-state index is 0.233. The monoisotopic (exact) mass is 420 g/mol. The van der Waals surface area contributed by atoms with Crippen LogP contribution in [0, 0.1) is 11.8 Å². The van der Waals surface area contributed by atoms with Crippen molar-refractivity contribution in [1.29, 1.82) is 0 Å². The van der Waals surface area contributed by atoms with E-state index in [-0.39, 0.29) is 5.92 Å². The second kappa shape index (κ2) is 11.5. The molecular formula is C22H32N2O6. The summed E-state index contributed by atoms with van der Waals surface area (Å²) in [6, 6.07) is 8.28. The van der Waals surface area contributed by atoms with Gasteiger partial charge >= 0.3 is 11.9 Å². The van der Waals surface area contributed by atoms with Gasteiger partial charge in [0, 0.05) is 25.6 Å². The summed E-state index contributed by atoms with van der Waals surface area (Å²) in [5.74, 6) is -1.43. The predicted octanol–water partition coefficient (Wildman–Crippen LogP) is 2.32. The van der Waals surface area contributed by atoms with Gasteiger partial charge in [-0.25, -0.2) is 9.59 Å². The van der Waals surface area contributed by atoms with Gasteiger partial charge in [0.1, 0.15) is 5.75 Å². The molecule has 3 rings (SSSR count). The van der Waals surface area contributed by atoms with Gasteiger partial charge in [-0.1, -0.05) is 19.1 Å². The zero-order chi connectivity index (χ0) is 22.1. The number of carboxylic acids is 2.